The van der Waals surface area contributed by atoms with Gasteiger partial charge in [-0.05, 0) is 38.0 Å². The quantitative estimate of drug-likeness (QED) is 0.377. The smallest absolute Gasteiger partial charge is 0.490 e. The zero-order valence-corrected chi connectivity index (χ0v) is 21.1. The molecule has 1 aromatic carbocycles. The summed E-state index contributed by atoms with van der Waals surface area (Å²) in [5.74, 6) is -5.26. The molecule has 39 heavy (non-hydrogen) atoms. The van der Waals surface area contributed by atoms with Crippen molar-refractivity contribution in [1.82, 2.24) is 19.9 Å². The van der Waals surface area contributed by atoms with Crippen LogP contribution in [-0.2, 0) is 16.1 Å². The predicted molar refractivity (Wildman–Crippen MR) is 127 cm³/mol. The third kappa shape index (κ3) is 12.4. The highest BCUT2D eigenvalue weighted by Gasteiger charge is 2.38. The van der Waals surface area contributed by atoms with Gasteiger partial charge in [0.05, 0.1) is 17.9 Å². The van der Waals surface area contributed by atoms with Crippen LogP contribution in [0.4, 0.5) is 26.3 Å². The van der Waals surface area contributed by atoms with Crippen molar-refractivity contribution in [2.45, 2.75) is 44.7 Å². The number of likely N-dealkylation sites (tertiary alicyclic amines) is 1. The van der Waals surface area contributed by atoms with E-state index < -0.39 is 24.3 Å². The number of nitrogens with two attached hydrogens (primary N) is 1. The molecule has 0 saturated carbocycles. The van der Waals surface area contributed by atoms with Crippen LogP contribution in [-0.4, -0.2) is 79.1 Å². The molecule has 17 heteroatoms. The lowest BCUT2D eigenvalue weighted by molar-refractivity contribution is -0.193. The van der Waals surface area contributed by atoms with Gasteiger partial charge in [-0.2, -0.15) is 26.3 Å². The number of hydrogen-bond acceptors (Lipinski definition) is 7. The van der Waals surface area contributed by atoms with E-state index in [1.807, 2.05) is 17.0 Å². The largest absolute Gasteiger partial charge is 0.507 e. The number of rotatable bonds is 5. The molecule has 0 spiro atoms. The molecule has 0 amide bonds. The van der Waals surface area contributed by atoms with Gasteiger partial charge in [0.25, 0.3) is 0 Å². The number of carboxylic acid groups (broad SMARTS) is 2. The summed E-state index contributed by atoms with van der Waals surface area (Å²) in [5.41, 5.74) is 8.39. The fourth-order valence-corrected chi connectivity index (χ4v) is 3.41. The van der Waals surface area contributed by atoms with Gasteiger partial charge < -0.3 is 21.1 Å². The van der Waals surface area contributed by atoms with Crippen molar-refractivity contribution in [2.24, 2.45) is 5.73 Å². The fourth-order valence-electron chi connectivity index (χ4n) is 3.23. The monoisotopic (exact) mass is 589 g/mol. The van der Waals surface area contributed by atoms with Gasteiger partial charge in [-0.1, -0.05) is 28.5 Å². The number of alkyl halides is 6. The number of aromatic hydroxyl groups is 1. The van der Waals surface area contributed by atoms with Crippen LogP contribution in [0.1, 0.15) is 37.1 Å². The third-order valence-corrected chi connectivity index (χ3v) is 5.28. The van der Waals surface area contributed by atoms with E-state index in [0.717, 1.165) is 43.7 Å². The minimum Gasteiger partial charge on any atom is -0.507 e. The first-order valence-electron chi connectivity index (χ1n) is 11.0. The van der Waals surface area contributed by atoms with Gasteiger partial charge in [0, 0.05) is 36.8 Å². The molecule has 0 unspecified atom stereocenters. The normalized spacial score (nSPS) is 15.1. The Morgan fingerprint density at radius 3 is 2.05 bits per heavy atom. The molecule has 218 valence electrons. The van der Waals surface area contributed by atoms with E-state index in [9.17, 15) is 31.4 Å². The van der Waals surface area contributed by atoms with E-state index in [2.05, 4.69) is 22.1 Å². The molecule has 10 nitrogen and oxygen atoms in total. The molecule has 0 aliphatic carbocycles. The fraction of sp³-hybridized carbons (Fsp3) is 0.455. The molecular formula is C22H26ClF6N5O5. The summed E-state index contributed by atoms with van der Waals surface area (Å²) in [7, 11) is 0. The molecular weight excluding hydrogens is 564 g/mol. The maximum Gasteiger partial charge on any atom is 0.490 e. The number of piperidine rings is 1. The second-order valence-corrected chi connectivity index (χ2v) is 8.64. The number of phenols is 1. The van der Waals surface area contributed by atoms with Crippen molar-refractivity contribution >= 4 is 29.6 Å². The zero-order chi connectivity index (χ0) is 30.0. The first kappa shape index (κ1) is 33.7. The Hall–Kier alpha value is -3.37. The summed E-state index contributed by atoms with van der Waals surface area (Å²) in [6.45, 7) is 5.41. The Bertz CT molecular complexity index is 1110. The molecule has 1 aromatic heterocycles. The molecule has 3 rings (SSSR count). The van der Waals surface area contributed by atoms with Gasteiger partial charge in [0.2, 0.25) is 0 Å². The van der Waals surface area contributed by atoms with Crippen molar-refractivity contribution in [3.8, 4) is 5.75 Å². The number of aliphatic carboxylic acids is 2. The average molecular weight is 590 g/mol. The molecule has 1 aliphatic rings. The van der Waals surface area contributed by atoms with Gasteiger partial charge in [-0.25, -0.2) is 14.3 Å². The number of hydrogen-bond donors (Lipinski definition) is 4. The highest BCUT2D eigenvalue weighted by Crippen LogP contribution is 2.26. The van der Waals surface area contributed by atoms with E-state index in [1.54, 1.807) is 18.2 Å². The van der Waals surface area contributed by atoms with Crippen LogP contribution in [0.2, 0.25) is 5.02 Å². The molecule has 0 atom stereocenters. The van der Waals surface area contributed by atoms with Crippen molar-refractivity contribution in [2.75, 3.05) is 19.6 Å². The van der Waals surface area contributed by atoms with E-state index in [4.69, 9.17) is 37.1 Å². The van der Waals surface area contributed by atoms with Crippen molar-refractivity contribution < 1.29 is 51.3 Å². The van der Waals surface area contributed by atoms with Crippen LogP contribution in [0, 0.1) is 0 Å². The van der Waals surface area contributed by atoms with Crippen LogP contribution >= 0.6 is 11.6 Å². The lowest BCUT2D eigenvalue weighted by atomic mass is 10.0. The predicted octanol–water partition coefficient (Wildman–Crippen LogP) is 4.10. The van der Waals surface area contributed by atoms with Crippen LogP contribution in [0.3, 0.4) is 0 Å². The Kier molecular flexibility index (Phi) is 12.7. The van der Waals surface area contributed by atoms with E-state index >= 15 is 0 Å². The summed E-state index contributed by atoms with van der Waals surface area (Å²) in [6, 6.07) is 5.49. The Labute approximate surface area is 223 Å². The summed E-state index contributed by atoms with van der Waals surface area (Å²) in [6.07, 6.45) is -4.13. The number of carboxylic acids is 2. The minimum absolute atomic E-state index is 0.254. The topological polar surface area (TPSA) is 155 Å². The van der Waals surface area contributed by atoms with Gasteiger partial charge in [0.1, 0.15) is 5.75 Å². The number of carbonyl (C=O) groups is 2. The van der Waals surface area contributed by atoms with E-state index in [-0.39, 0.29) is 5.75 Å². The standard InChI is InChI=1S/C18H24ClN5O.2C2HF3O2/c1-13(8-14-9-15(19)2-3-18(14)25)11-23-6-4-17(5-7-23)24-12-16(10-20)21-22-24;2*3-2(4,5)1(6)7/h2-3,8-9,12,17,25H,4-7,10-11,20H2,1H3;2*(H,6,7)/b13-8+;;. The number of aromatic nitrogens is 3. The summed E-state index contributed by atoms with van der Waals surface area (Å²) in [5, 5.41) is 33.1. The van der Waals surface area contributed by atoms with E-state index in [0.29, 0.717) is 17.6 Å². The number of halogens is 7. The van der Waals surface area contributed by atoms with Gasteiger partial charge in [0.15, 0.2) is 0 Å². The van der Waals surface area contributed by atoms with Crippen molar-refractivity contribution in [1.29, 1.82) is 0 Å². The molecule has 2 heterocycles. The molecule has 0 radical (unpaired) electrons. The summed E-state index contributed by atoms with van der Waals surface area (Å²) < 4.78 is 65.4. The lowest BCUT2D eigenvalue weighted by Crippen LogP contribution is -2.35. The van der Waals surface area contributed by atoms with Crippen molar-refractivity contribution in [3.05, 3.63) is 46.2 Å². The van der Waals surface area contributed by atoms with Crippen LogP contribution < -0.4 is 5.73 Å². The minimum atomic E-state index is -5.08. The SMILES string of the molecule is C/C(=C\c1cc(Cl)ccc1O)CN1CCC(n2cc(CN)nn2)CC1.O=C(O)C(F)(F)F.O=C(O)C(F)(F)F. The first-order valence-corrected chi connectivity index (χ1v) is 11.4. The first-order chi connectivity index (χ1) is 17.9. The zero-order valence-electron chi connectivity index (χ0n) is 20.4. The van der Waals surface area contributed by atoms with E-state index in [1.165, 1.54) is 5.57 Å². The number of nitrogens with zero attached hydrogens (tertiary/aromatic N) is 4. The maximum absolute atomic E-state index is 10.6. The Morgan fingerprint density at radius 2 is 1.62 bits per heavy atom. The molecule has 1 saturated heterocycles. The van der Waals surface area contributed by atoms with Gasteiger partial charge >= 0.3 is 24.3 Å². The average Bonchev–Trinajstić information content (AvgIpc) is 3.31. The molecule has 0 bridgehead atoms. The molecule has 1 fully saturated rings. The second-order valence-electron chi connectivity index (χ2n) is 8.20. The summed E-state index contributed by atoms with van der Waals surface area (Å²) >= 11 is 6.01. The number of phenolic OH excluding ortho intramolecular Hbond substituents is 1. The maximum atomic E-state index is 10.6. The van der Waals surface area contributed by atoms with Gasteiger partial charge in [-0.15, -0.1) is 5.10 Å². The van der Waals surface area contributed by atoms with Crippen LogP contribution in [0.15, 0.2) is 30.0 Å². The lowest BCUT2D eigenvalue weighted by Gasteiger charge is -2.32. The molecule has 2 aromatic rings. The highest BCUT2D eigenvalue weighted by atomic mass is 35.5. The second kappa shape index (κ2) is 14.7. The van der Waals surface area contributed by atoms with Gasteiger partial charge in [-0.3, -0.25) is 4.90 Å². The van der Waals surface area contributed by atoms with Crippen LogP contribution in [0.25, 0.3) is 6.08 Å². The molecule has 1 aliphatic heterocycles. The Balaban J connectivity index is 0.000000449. The highest BCUT2D eigenvalue weighted by molar-refractivity contribution is 6.30. The third-order valence-electron chi connectivity index (χ3n) is 5.05. The summed E-state index contributed by atoms with van der Waals surface area (Å²) in [4.78, 5) is 20.2. The van der Waals surface area contributed by atoms with Crippen molar-refractivity contribution in [3.63, 3.8) is 0 Å². The Morgan fingerprint density at radius 1 is 1.10 bits per heavy atom. The molecule has 5 N–H and O–H groups in total. The number of benzene rings is 1. The van der Waals surface area contributed by atoms with Crippen LogP contribution in [0.5, 0.6) is 5.75 Å².